The number of hydrogen-bond acceptors (Lipinski definition) is 4. The number of rotatable bonds is 4. The predicted molar refractivity (Wildman–Crippen MR) is 93.6 cm³/mol. The topological polar surface area (TPSA) is 69.7 Å². The van der Waals surface area contributed by atoms with Crippen LogP contribution in [0.5, 0.6) is 0 Å². The molecule has 132 valence electrons. The minimum atomic E-state index is -3.47. The summed E-state index contributed by atoms with van der Waals surface area (Å²) in [7, 11) is -1.57. The van der Waals surface area contributed by atoms with Gasteiger partial charge in [0.1, 0.15) is 0 Å². The highest BCUT2D eigenvalue weighted by Gasteiger charge is 2.31. The highest BCUT2D eigenvalue weighted by atomic mass is 32.2. The van der Waals surface area contributed by atoms with Crippen molar-refractivity contribution >= 4 is 21.6 Å². The first-order chi connectivity index (χ1) is 11.4. The van der Waals surface area contributed by atoms with E-state index in [0.717, 1.165) is 30.6 Å². The van der Waals surface area contributed by atoms with E-state index < -0.39 is 10.0 Å². The number of hydrogen-bond donors (Lipinski definition) is 1. The average Bonchev–Trinajstić information content (AvgIpc) is 2.98. The van der Waals surface area contributed by atoms with Crippen molar-refractivity contribution in [2.45, 2.75) is 31.1 Å². The van der Waals surface area contributed by atoms with Crippen LogP contribution in [0.3, 0.4) is 0 Å². The molecular weight excluding hydrogens is 326 g/mol. The summed E-state index contributed by atoms with van der Waals surface area (Å²) in [5, 5.41) is 3.14. The van der Waals surface area contributed by atoms with Crippen molar-refractivity contribution in [2.24, 2.45) is 5.92 Å². The van der Waals surface area contributed by atoms with Crippen LogP contribution in [0.25, 0.3) is 0 Å². The van der Waals surface area contributed by atoms with Gasteiger partial charge >= 0.3 is 0 Å². The minimum absolute atomic E-state index is 0.00436. The van der Waals surface area contributed by atoms with Gasteiger partial charge in [0.05, 0.1) is 4.90 Å². The van der Waals surface area contributed by atoms with Crippen LogP contribution in [0.1, 0.15) is 25.3 Å². The molecule has 0 saturated carbocycles. The summed E-state index contributed by atoms with van der Waals surface area (Å²) < 4.78 is 27.6. The van der Waals surface area contributed by atoms with Crippen LogP contribution >= 0.6 is 0 Å². The summed E-state index contributed by atoms with van der Waals surface area (Å²) >= 11 is 0. The number of carbonyl (C=O) groups excluding carboxylic acids is 1. The van der Waals surface area contributed by atoms with Crippen LogP contribution in [0.15, 0.2) is 23.1 Å². The van der Waals surface area contributed by atoms with Crippen molar-refractivity contribution < 1.29 is 13.2 Å². The van der Waals surface area contributed by atoms with Gasteiger partial charge in [-0.25, -0.2) is 8.42 Å². The van der Waals surface area contributed by atoms with E-state index in [4.69, 9.17) is 0 Å². The van der Waals surface area contributed by atoms with Gasteiger partial charge in [-0.2, -0.15) is 4.31 Å². The third kappa shape index (κ3) is 3.20. The monoisotopic (exact) mass is 351 g/mol. The molecule has 0 radical (unpaired) electrons. The lowest BCUT2D eigenvalue weighted by Gasteiger charge is -2.32. The molecule has 1 aromatic rings. The second-order valence-electron chi connectivity index (χ2n) is 6.64. The number of nitrogens with zero attached hydrogens (tertiary/aromatic N) is 2. The van der Waals surface area contributed by atoms with Gasteiger partial charge in [-0.1, -0.05) is 0 Å². The maximum absolute atomic E-state index is 13.0. The normalized spacial score (nSPS) is 21.8. The minimum Gasteiger partial charge on any atom is -0.319 e. The summed E-state index contributed by atoms with van der Waals surface area (Å²) in [5.74, 6) is 0.358. The Balaban J connectivity index is 1.84. The number of carbonyl (C=O) groups is 1. The average molecular weight is 351 g/mol. The second-order valence-corrected chi connectivity index (χ2v) is 8.58. The van der Waals surface area contributed by atoms with Crippen LogP contribution in [0.4, 0.5) is 5.69 Å². The van der Waals surface area contributed by atoms with Crippen molar-refractivity contribution in [3.05, 3.63) is 23.8 Å². The molecule has 3 rings (SSSR count). The fraction of sp³-hybridized carbons (Fsp3) is 0.588. The van der Waals surface area contributed by atoms with E-state index in [0.29, 0.717) is 36.9 Å². The van der Waals surface area contributed by atoms with Crippen LogP contribution in [0.2, 0.25) is 0 Å². The van der Waals surface area contributed by atoms with Gasteiger partial charge in [0.2, 0.25) is 15.9 Å². The lowest BCUT2D eigenvalue weighted by Crippen LogP contribution is -2.42. The molecular formula is C17H25N3O3S. The van der Waals surface area contributed by atoms with Gasteiger partial charge in [0.15, 0.2) is 0 Å². The van der Waals surface area contributed by atoms with Gasteiger partial charge in [-0.3, -0.25) is 4.79 Å². The number of anilines is 1. The third-order valence-electron chi connectivity index (χ3n) is 4.94. The third-order valence-corrected chi connectivity index (χ3v) is 6.80. The highest BCUT2D eigenvalue weighted by Crippen LogP contribution is 2.32. The van der Waals surface area contributed by atoms with E-state index in [1.165, 1.54) is 6.92 Å². The van der Waals surface area contributed by atoms with Crippen molar-refractivity contribution in [1.29, 1.82) is 0 Å². The Kier molecular flexibility index (Phi) is 4.94. The zero-order chi connectivity index (χ0) is 17.3. The zero-order valence-corrected chi connectivity index (χ0v) is 15.1. The Labute approximate surface area is 143 Å². The standard InChI is InChI=1S/C17H25N3O3S/c1-13(21)20-9-7-15-10-16(5-6-17(15)20)24(22,23)19-8-3-4-14(12-19)11-18-2/h5-6,10,14,18H,3-4,7-9,11-12H2,1-2H3. The van der Waals surface area contributed by atoms with Crippen molar-refractivity contribution in [3.63, 3.8) is 0 Å². The fourth-order valence-electron chi connectivity index (χ4n) is 3.72. The molecule has 1 fully saturated rings. The van der Waals surface area contributed by atoms with Crippen molar-refractivity contribution in [3.8, 4) is 0 Å². The Hall–Kier alpha value is -1.44. The van der Waals surface area contributed by atoms with E-state index in [1.807, 2.05) is 7.05 Å². The number of nitrogens with one attached hydrogen (secondary N) is 1. The van der Waals surface area contributed by atoms with Gasteiger partial charge in [-0.15, -0.1) is 0 Å². The number of benzene rings is 1. The lowest BCUT2D eigenvalue weighted by atomic mass is 10.00. The summed E-state index contributed by atoms with van der Waals surface area (Å²) in [4.78, 5) is 13.7. The number of amides is 1. The van der Waals surface area contributed by atoms with Crippen LogP contribution in [0, 0.1) is 5.92 Å². The lowest BCUT2D eigenvalue weighted by molar-refractivity contribution is -0.116. The molecule has 1 N–H and O–H groups in total. The number of fused-ring (bicyclic) bond motifs is 1. The van der Waals surface area contributed by atoms with E-state index in [-0.39, 0.29) is 5.91 Å². The first-order valence-electron chi connectivity index (χ1n) is 8.49. The molecule has 24 heavy (non-hydrogen) atoms. The Morgan fingerprint density at radius 3 is 2.83 bits per heavy atom. The Morgan fingerprint density at radius 2 is 2.12 bits per heavy atom. The molecule has 0 spiro atoms. The zero-order valence-electron chi connectivity index (χ0n) is 14.3. The molecule has 2 heterocycles. The molecule has 2 aliphatic rings. The smallest absolute Gasteiger partial charge is 0.243 e. The summed E-state index contributed by atoms with van der Waals surface area (Å²) in [5.41, 5.74) is 1.78. The van der Waals surface area contributed by atoms with Crippen molar-refractivity contribution in [1.82, 2.24) is 9.62 Å². The van der Waals surface area contributed by atoms with Crippen LogP contribution in [-0.4, -0.2) is 51.9 Å². The van der Waals surface area contributed by atoms with Crippen LogP contribution in [-0.2, 0) is 21.2 Å². The highest BCUT2D eigenvalue weighted by molar-refractivity contribution is 7.89. The molecule has 0 bridgehead atoms. The van der Waals surface area contributed by atoms with Crippen LogP contribution < -0.4 is 10.2 Å². The van der Waals surface area contributed by atoms with Crippen molar-refractivity contribution in [2.75, 3.05) is 38.1 Å². The van der Waals surface area contributed by atoms with E-state index in [9.17, 15) is 13.2 Å². The summed E-state index contributed by atoms with van der Waals surface area (Å²) in [6.45, 7) is 4.15. The predicted octanol–water partition coefficient (Wildman–Crippen LogP) is 1.22. The maximum Gasteiger partial charge on any atom is 0.243 e. The van der Waals surface area contributed by atoms with Gasteiger partial charge < -0.3 is 10.2 Å². The fourth-order valence-corrected chi connectivity index (χ4v) is 5.32. The molecule has 1 amide bonds. The van der Waals surface area contributed by atoms with E-state index in [1.54, 1.807) is 27.4 Å². The van der Waals surface area contributed by atoms with Gasteiger partial charge in [-0.05, 0) is 62.5 Å². The largest absolute Gasteiger partial charge is 0.319 e. The molecule has 1 unspecified atom stereocenters. The quantitative estimate of drug-likeness (QED) is 0.885. The first-order valence-corrected chi connectivity index (χ1v) is 9.93. The molecule has 1 saturated heterocycles. The Bertz CT molecular complexity index is 731. The molecule has 2 aliphatic heterocycles. The van der Waals surface area contributed by atoms with E-state index >= 15 is 0 Å². The van der Waals surface area contributed by atoms with Gasteiger partial charge in [0.25, 0.3) is 0 Å². The van der Waals surface area contributed by atoms with Gasteiger partial charge in [0, 0.05) is 32.2 Å². The van der Waals surface area contributed by atoms with E-state index in [2.05, 4.69) is 5.32 Å². The molecule has 6 nitrogen and oxygen atoms in total. The first kappa shape index (κ1) is 17.4. The summed E-state index contributed by atoms with van der Waals surface area (Å²) in [6.07, 6.45) is 2.67. The molecule has 0 aliphatic carbocycles. The number of sulfonamides is 1. The molecule has 0 aromatic heterocycles. The molecule has 7 heteroatoms. The molecule has 1 atom stereocenters. The second kappa shape index (κ2) is 6.82. The number of piperidine rings is 1. The maximum atomic E-state index is 13.0. The summed E-state index contributed by atoms with van der Waals surface area (Å²) in [6, 6.07) is 5.15. The SMILES string of the molecule is CNCC1CCCN(S(=O)(=O)c2ccc3c(c2)CCN3C(C)=O)C1. The molecule has 1 aromatic carbocycles. The Morgan fingerprint density at radius 1 is 1.33 bits per heavy atom.